The molecule has 1 aromatic heterocycles. The van der Waals surface area contributed by atoms with Crippen LogP contribution in [0.25, 0.3) is 0 Å². The van der Waals surface area contributed by atoms with Crippen LogP contribution in [0.1, 0.15) is 46.4 Å². The molecule has 2 N–H and O–H groups in total. The molecule has 0 bridgehead atoms. The number of rotatable bonds is 7. The summed E-state index contributed by atoms with van der Waals surface area (Å²) in [6, 6.07) is 9.68. The summed E-state index contributed by atoms with van der Waals surface area (Å²) in [5.41, 5.74) is -1.31. The van der Waals surface area contributed by atoms with E-state index in [1.165, 1.54) is 25.6 Å². The number of amides is 3. The summed E-state index contributed by atoms with van der Waals surface area (Å²) in [6.45, 7) is -0.618. The summed E-state index contributed by atoms with van der Waals surface area (Å²) in [5.74, 6) is -4.65. The van der Waals surface area contributed by atoms with Crippen molar-refractivity contribution in [1.29, 1.82) is 5.26 Å². The minimum absolute atomic E-state index is 0.0315. The van der Waals surface area contributed by atoms with Crippen LogP contribution in [0.15, 0.2) is 42.7 Å². The van der Waals surface area contributed by atoms with Gasteiger partial charge in [-0.1, -0.05) is 6.42 Å². The van der Waals surface area contributed by atoms with Gasteiger partial charge < -0.3 is 20.3 Å². The number of aromatic nitrogens is 1. The first-order valence-corrected chi connectivity index (χ1v) is 12.2. The van der Waals surface area contributed by atoms with E-state index >= 15 is 0 Å². The first-order chi connectivity index (χ1) is 18.2. The molecule has 0 aliphatic carbocycles. The second-order valence-electron chi connectivity index (χ2n) is 9.28. The summed E-state index contributed by atoms with van der Waals surface area (Å²) >= 11 is 0. The van der Waals surface area contributed by atoms with Crippen molar-refractivity contribution >= 4 is 23.4 Å². The summed E-state index contributed by atoms with van der Waals surface area (Å²) in [6.07, 6.45) is 4.29. The van der Waals surface area contributed by atoms with Gasteiger partial charge in [0.1, 0.15) is 11.8 Å². The quantitative estimate of drug-likeness (QED) is 0.568. The van der Waals surface area contributed by atoms with Crippen molar-refractivity contribution in [2.45, 2.75) is 37.3 Å². The Labute approximate surface area is 218 Å². The third-order valence-corrected chi connectivity index (χ3v) is 6.77. The molecule has 0 spiro atoms. The molecule has 3 heterocycles. The number of nitriles is 1. The number of methoxy groups -OCH3 is 1. The molecule has 1 unspecified atom stereocenters. The molecular formula is C26H28F2N6O4. The predicted octanol–water partition coefficient (Wildman–Crippen LogP) is 2.65. The van der Waals surface area contributed by atoms with Crippen molar-refractivity contribution in [2.75, 3.05) is 38.6 Å². The number of carbonyl (C=O) groups is 3. The molecule has 200 valence electrons. The van der Waals surface area contributed by atoms with E-state index in [4.69, 9.17) is 4.74 Å². The van der Waals surface area contributed by atoms with Gasteiger partial charge in [-0.25, -0.2) is 8.78 Å². The molecule has 3 amide bonds. The molecule has 1 aromatic carbocycles. The minimum atomic E-state index is -3.23. The Morgan fingerprint density at radius 3 is 2.47 bits per heavy atom. The highest BCUT2D eigenvalue weighted by Crippen LogP contribution is 2.42. The van der Waals surface area contributed by atoms with Crippen LogP contribution in [0.2, 0.25) is 0 Å². The summed E-state index contributed by atoms with van der Waals surface area (Å²) in [7, 11) is 1.50. The van der Waals surface area contributed by atoms with Crippen molar-refractivity contribution in [3.8, 4) is 11.8 Å². The minimum Gasteiger partial charge on any atom is -0.497 e. The van der Waals surface area contributed by atoms with E-state index in [2.05, 4.69) is 15.6 Å². The molecule has 2 fully saturated rings. The molecular weight excluding hydrogens is 498 g/mol. The third kappa shape index (κ3) is 5.57. The van der Waals surface area contributed by atoms with E-state index in [1.54, 1.807) is 29.2 Å². The lowest BCUT2D eigenvalue weighted by molar-refractivity contribution is -0.139. The predicted molar refractivity (Wildman–Crippen MR) is 133 cm³/mol. The van der Waals surface area contributed by atoms with Crippen molar-refractivity contribution in [2.24, 2.45) is 0 Å². The van der Waals surface area contributed by atoms with Crippen LogP contribution in [0, 0.1) is 11.3 Å². The number of alkyl halides is 2. The number of halogens is 2. The van der Waals surface area contributed by atoms with Crippen LogP contribution >= 0.6 is 0 Å². The SMILES string of the molecule is COc1ccc(C(=O)Nc2cnccc2C(=O)NCC(=O)N2CC(F)(F)CC2(C#N)N2CCCCC2)cc1. The topological polar surface area (TPSA) is 128 Å². The molecule has 10 nitrogen and oxygen atoms in total. The maximum atomic E-state index is 14.5. The van der Waals surface area contributed by atoms with Crippen LogP contribution in [0.3, 0.4) is 0 Å². The maximum Gasteiger partial charge on any atom is 0.270 e. The average Bonchev–Trinajstić information content (AvgIpc) is 3.24. The number of piperidine rings is 1. The second-order valence-corrected chi connectivity index (χ2v) is 9.28. The standard InChI is InChI=1S/C26H28F2N6O4/c1-38-19-7-5-18(6-8-19)23(36)32-21-13-30-10-9-20(21)24(37)31-14-22(35)34-17-25(27,28)15-26(34,16-29)33-11-3-2-4-12-33/h5-10,13H,2-4,11-12,14-15,17H2,1H3,(H,31,37)(H,32,36). The first kappa shape index (κ1) is 26.9. The van der Waals surface area contributed by atoms with Gasteiger partial charge in [-0.15, -0.1) is 0 Å². The molecule has 2 saturated heterocycles. The van der Waals surface area contributed by atoms with Crippen LogP contribution in [0.4, 0.5) is 14.5 Å². The fraction of sp³-hybridized carbons (Fsp3) is 0.423. The highest BCUT2D eigenvalue weighted by molar-refractivity contribution is 6.09. The zero-order valence-electron chi connectivity index (χ0n) is 20.9. The lowest BCUT2D eigenvalue weighted by Gasteiger charge is -2.43. The maximum absolute atomic E-state index is 14.5. The average molecular weight is 527 g/mol. The van der Waals surface area contributed by atoms with Gasteiger partial charge in [-0.05, 0) is 43.2 Å². The van der Waals surface area contributed by atoms with Gasteiger partial charge in [0.2, 0.25) is 5.91 Å². The zero-order valence-corrected chi connectivity index (χ0v) is 20.9. The second kappa shape index (κ2) is 11.1. The molecule has 0 radical (unpaired) electrons. The molecule has 2 aromatic rings. The molecule has 2 aliphatic rings. The van der Waals surface area contributed by atoms with Gasteiger partial charge in [0.25, 0.3) is 17.7 Å². The molecule has 38 heavy (non-hydrogen) atoms. The normalized spacial score (nSPS) is 20.8. The van der Waals surface area contributed by atoms with Gasteiger partial charge in [0, 0.05) is 24.8 Å². The molecule has 1 atom stereocenters. The fourth-order valence-corrected chi connectivity index (χ4v) is 4.86. The number of anilines is 1. The van der Waals surface area contributed by atoms with Gasteiger partial charge >= 0.3 is 0 Å². The van der Waals surface area contributed by atoms with Crippen LogP contribution < -0.4 is 15.4 Å². The largest absolute Gasteiger partial charge is 0.497 e. The Hall–Kier alpha value is -4.11. The van der Waals surface area contributed by atoms with Gasteiger partial charge in [0.15, 0.2) is 5.66 Å². The number of hydrogen-bond acceptors (Lipinski definition) is 7. The van der Waals surface area contributed by atoms with Crippen LogP contribution in [-0.2, 0) is 4.79 Å². The highest BCUT2D eigenvalue weighted by atomic mass is 19.3. The lowest BCUT2D eigenvalue weighted by Crippen LogP contribution is -2.60. The van der Waals surface area contributed by atoms with E-state index in [9.17, 15) is 28.4 Å². The first-order valence-electron chi connectivity index (χ1n) is 12.2. The Morgan fingerprint density at radius 1 is 1.11 bits per heavy atom. The summed E-state index contributed by atoms with van der Waals surface area (Å²) in [4.78, 5) is 45.2. The number of likely N-dealkylation sites (tertiary alicyclic amines) is 2. The number of pyridine rings is 1. The number of hydrogen-bond donors (Lipinski definition) is 2. The monoisotopic (exact) mass is 526 g/mol. The fourth-order valence-electron chi connectivity index (χ4n) is 4.86. The van der Waals surface area contributed by atoms with Crippen molar-refractivity contribution in [3.05, 3.63) is 53.9 Å². The van der Waals surface area contributed by atoms with E-state index < -0.39 is 48.8 Å². The van der Waals surface area contributed by atoms with E-state index in [-0.39, 0.29) is 11.3 Å². The highest BCUT2D eigenvalue weighted by Gasteiger charge is 2.60. The van der Waals surface area contributed by atoms with Crippen molar-refractivity contribution in [3.63, 3.8) is 0 Å². The third-order valence-electron chi connectivity index (χ3n) is 6.77. The summed E-state index contributed by atoms with van der Waals surface area (Å²) < 4.78 is 34.1. The van der Waals surface area contributed by atoms with Crippen LogP contribution in [-0.4, -0.2) is 77.4 Å². The number of benzene rings is 1. The Balaban J connectivity index is 1.45. The number of carbonyl (C=O) groups excluding carboxylic acids is 3. The van der Waals surface area contributed by atoms with E-state index in [0.717, 1.165) is 24.2 Å². The Kier molecular flexibility index (Phi) is 7.87. The smallest absolute Gasteiger partial charge is 0.270 e. The summed E-state index contributed by atoms with van der Waals surface area (Å²) in [5, 5.41) is 15.0. The Bertz CT molecular complexity index is 1240. The van der Waals surface area contributed by atoms with E-state index in [0.29, 0.717) is 24.4 Å². The van der Waals surface area contributed by atoms with Crippen molar-refractivity contribution in [1.82, 2.24) is 20.1 Å². The molecule has 2 aliphatic heterocycles. The van der Waals surface area contributed by atoms with Gasteiger partial charge in [0.05, 0.1) is 44.1 Å². The number of ether oxygens (including phenoxy) is 1. The number of nitrogens with one attached hydrogen (secondary N) is 2. The van der Waals surface area contributed by atoms with E-state index in [1.807, 2.05) is 6.07 Å². The molecule has 0 saturated carbocycles. The van der Waals surface area contributed by atoms with Gasteiger partial charge in [-0.3, -0.25) is 24.3 Å². The van der Waals surface area contributed by atoms with Crippen LogP contribution in [0.5, 0.6) is 5.75 Å². The van der Waals surface area contributed by atoms with Gasteiger partial charge in [-0.2, -0.15) is 5.26 Å². The molecule has 12 heteroatoms. The number of nitrogens with zero attached hydrogens (tertiary/aromatic N) is 4. The zero-order chi connectivity index (χ0) is 27.3. The molecule has 4 rings (SSSR count). The Morgan fingerprint density at radius 2 is 1.82 bits per heavy atom. The van der Waals surface area contributed by atoms with Crippen molar-refractivity contribution < 1.29 is 27.9 Å². The lowest BCUT2D eigenvalue weighted by atomic mass is 10.0.